The van der Waals surface area contributed by atoms with Crippen molar-refractivity contribution in [2.45, 2.75) is 6.92 Å². The number of ether oxygens (including phenoxy) is 1. The molecule has 0 aliphatic carbocycles. The molecular weight excluding hydrogens is 272 g/mol. The van der Waals surface area contributed by atoms with Crippen molar-refractivity contribution in [3.05, 3.63) is 52.4 Å². The molecule has 0 saturated carbocycles. The maximum absolute atomic E-state index is 11.9. The van der Waals surface area contributed by atoms with Crippen LogP contribution < -0.4 is 5.56 Å². The van der Waals surface area contributed by atoms with Gasteiger partial charge in [-0.2, -0.15) is 0 Å². The van der Waals surface area contributed by atoms with Crippen molar-refractivity contribution in [1.29, 1.82) is 0 Å². The average Bonchev–Trinajstić information content (AvgIpc) is 2.91. The highest BCUT2D eigenvalue weighted by atomic mass is 16.5. The monoisotopic (exact) mass is 284 g/mol. The van der Waals surface area contributed by atoms with Crippen molar-refractivity contribution in [2.75, 3.05) is 6.61 Å². The Bertz CT molecular complexity index is 830. The minimum absolute atomic E-state index is 0.128. The van der Waals surface area contributed by atoms with Crippen LogP contribution in [0.15, 0.2) is 45.7 Å². The Morgan fingerprint density at radius 2 is 2.19 bits per heavy atom. The molecule has 0 amide bonds. The zero-order chi connectivity index (χ0) is 14.8. The van der Waals surface area contributed by atoms with Gasteiger partial charge in [0.2, 0.25) is 0 Å². The highest BCUT2D eigenvalue weighted by Gasteiger charge is 2.15. The number of hydrogen-bond acceptors (Lipinski definition) is 5. The molecule has 0 aliphatic heterocycles. The van der Waals surface area contributed by atoms with E-state index < -0.39 is 11.5 Å². The van der Waals surface area contributed by atoms with Crippen LogP contribution in [0.25, 0.3) is 22.6 Å². The summed E-state index contributed by atoms with van der Waals surface area (Å²) < 4.78 is 10.4. The standard InChI is InChI=1S/C15H12N2O4/c1-2-20-15(19)10-8-16-13(17-14(10)18)12-7-9-5-3-4-6-11(9)21-12/h3-8H,2H2,1H3,(H,16,17,18). The van der Waals surface area contributed by atoms with Crippen LogP contribution in [0.3, 0.4) is 0 Å². The lowest BCUT2D eigenvalue weighted by molar-refractivity contribution is 0.0523. The predicted molar refractivity (Wildman–Crippen MR) is 76.0 cm³/mol. The number of fused-ring (bicyclic) bond motifs is 1. The van der Waals surface area contributed by atoms with Crippen LogP contribution >= 0.6 is 0 Å². The van der Waals surface area contributed by atoms with Crippen LogP contribution in [-0.2, 0) is 4.74 Å². The second-order valence-corrected chi connectivity index (χ2v) is 4.34. The number of aromatic amines is 1. The minimum atomic E-state index is -0.692. The molecule has 0 radical (unpaired) electrons. The molecule has 6 heteroatoms. The first-order valence-electron chi connectivity index (χ1n) is 6.44. The van der Waals surface area contributed by atoms with Gasteiger partial charge in [-0.1, -0.05) is 18.2 Å². The molecule has 1 aromatic carbocycles. The fourth-order valence-corrected chi connectivity index (χ4v) is 1.97. The molecule has 0 spiro atoms. The van der Waals surface area contributed by atoms with Gasteiger partial charge in [-0.25, -0.2) is 9.78 Å². The molecule has 0 saturated heterocycles. The fraction of sp³-hybridized carbons (Fsp3) is 0.133. The van der Waals surface area contributed by atoms with Crippen molar-refractivity contribution in [2.24, 2.45) is 0 Å². The maximum Gasteiger partial charge on any atom is 0.345 e. The lowest BCUT2D eigenvalue weighted by atomic mass is 10.2. The van der Waals surface area contributed by atoms with Crippen LogP contribution in [0, 0.1) is 0 Å². The summed E-state index contributed by atoms with van der Waals surface area (Å²) in [5.41, 5.74) is 0.0141. The van der Waals surface area contributed by atoms with E-state index in [1.165, 1.54) is 6.20 Å². The van der Waals surface area contributed by atoms with Crippen molar-refractivity contribution < 1.29 is 13.9 Å². The van der Waals surface area contributed by atoms with Gasteiger partial charge in [-0.05, 0) is 19.1 Å². The molecule has 2 aromatic heterocycles. The normalized spacial score (nSPS) is 10.7. The quantitative estimate of drug-likeness (QED) is 0.746. The Hall–Kier alpha value is -2.89. The number of furan rings is 1. The average molecular weight is 284 g/mol. The Kier molecular flexibility index (Phi) is 3.27. The van der Waals surface area contributed by atoms with Gasteiger partial charge in [0.05, 0.1) is 6.61 Å². The zero-order valence-corrected chi connectivity index (χ0v) is 11.3. The third kappa shape index (κ3) is 2.43. The molecule has 3 aromatic rings. The van der Waals surface area contributed by atoms with E-state index in [0.29, 0.717) is 11.3 Å². The first kappa shape index (κ1) is 13.1. The Morgan fingerprint density at radius 1 is 1.38 bits per heavy atom. The lowest BCUT2D eigenvalue weighted by Gasteiger charge is -2.01. The van der Waals surface area contributed by atoms with Gasteiger partial charge in [-0.3, -0.25) is 4.79 Å². The number of para-hydroxylation sites is 1. The molecule has 0 fully saturated rings. The van der Waals surface area contributed by atoms with E-state index in [0.717, 1.165) is 5.39 Å². The lowest BCUT2D eigenvalue weighted by Crippen LogP contribution is -2.20. The van der Waals surface area contributed by atoms with Crippen LogP contribution in [0.4, 0.5) is 0 Å². The van der Waals surface area contributed by atoms with Crippen LogP contribution in [0.1, 0.15) is 17.3 Å². The van der Waals surface area contributed by atoms with Crippen molar-refractivity contribution in [3.63, 3.8) is 0 Å². The summed E-state index contributed by atoms with van der Waals surface area (Å²) >= 11 is 0. The van der Waals surface area contributed by atoms with Gasteiger partial charge in [0, 0.05) is 11.6 Å². The summed E-state index contributed by atoms with van der Waals surface area (Å²) in [4.78, 5) is 30.0. The summed E-state index contributed by atoms with van der Waals surface area (Å²) in [5, 5.41) is 0.907. The number of hydrogen-bond donors (Lipinski definition) is 1. The second-order valence-electron chi connectivity index (χ2n) is 4.34. The number of carbonyl (C=O) groups excluding carboxylic acids is 1. The first-order valence-corrected chi connectivity index (χ1v) is 6.44. The van der Waals surface area contributed by atoms with Crippen LogP contribution in [0.2, 0.25) is 0 Å². The molecule has 6 nitrogen and oxygen atoms in total. The summed E-state index contributed by atoms with van der Waals surface area (Å²) in [6, 6.07) is 9.24. The summed E-state index contributed by atoms with van der Waals surface area (Å²) in [5.74, 6) is 0.00960. The number of nitrogens with zero attached hydrogens (tertiary/aromatic N) is 1. The van der Waals surface area contributed by atoms with Crippen molar-refractivity contribution in [3.8, 4) is 11.6 Å². The molecule has 1 N–H and O–H groups in total. The SMILES string of the molecule is CCOC(=O)c1cnc(-c2cc3ccccc3o2)[nH]c1=O. The van der Waals surface area contributed by atoms with Gasteiger partial charge >= 0.3 is 5.97 Å². The summed E-state index contributed by atoms with van der Waals surface area (Å²) in [6.45, 7) is 1.87. The Balaban J connectivity index is 2.02. The van der Waals surface area contributed by atoms with Gasteiger partial charge in [0.1, 0.15) is 11.1 Å². The molecule has 3 rings (SSSR count). The molecular formula is C15H12N2O4. The van der Waals surface area contributed by atoms with Crippen molar-refractivity contribution in [1.82, 2.24) is 9.97 Å². The van der Waals surface area contributed by atoms with Gasteiger partial charge in [-0.15, -0.1) is 0 Å². The van der Waals surface area contributed by atoms with Crippen LogP contribution in [0.5, 0.6) is 0 Å². The largest absolute Gasteiger partial charge is 0.462 e. The first-order chi connectivity index (χ1) is 10.2. The Morgan fingerprint density at radius 3 is 2.90 bits per heavy atom. The van der Waals surface area contributed by atoms with Gasteiger partial charge in [0.25, 0.3) is 5.56 Å². The molecule has 2 heterocycles. The zero-order valence-electron chi connectivity index (χ0n) is 11.3. The number of H-pyrrole nitrogens is 1. The number of esters is 1. The number of benzene rings is 1. The van der Waals surface area contributed by atoms with E-state index in [2.05, 4.69) is 9.97 Å². The third-order valence-electron chi connectivity index (χ3n) is 2.95. The highest BCUT2D eigenvalue weighted by molar-refractivity contribution is 5.88. The van der Waals surface area contributed by atoms with E-state index in [1.807, 2.05) is 24.3 Å². The molecule has 106 valence electrons. The van der Waals surface area contributed by atoms with E-state index >= 15 is 0 Å². The fourth-order valence-electron chi connectivity index (χ4n) is 1.97. The molecule has 21 heavy (non-hydrogen) atoms. The summed E-state index contributed by atoms with van der Waals surface area (Å²) in [7, 11) is 0. The minimum Gasteiger partial charge on any atom is -0.462 e. The van der Waals surface area contributed by atoms with Gasteiger partial charge in [0.15, 0.2) is 11.6 Å². The van der Waals surface area contributed by atoms with Crippen LogP contribution in [-0.4, -0.2) is 22.5 Å². The van der Waals surface area contributed by atoms with Crippen molar-refractivity contribution >= 4 is 16.9 Å². The molecule has 0 unspecified atom stereocenters. The molecule has 0 atom stereocenters. The summed E-state index contributed by atoms with van der Waals surface area (Å²) in [6.07, 6.45) is 1.19. The van der Waals surface area contributed by atoms with Gasteiger partial charge < -0.3 is 14.1 Å². The van der Waals surface area contributed by atoms with E-state index in [9.17, 15) is 9.59 Å². The van der Waals surface area contributed by atoms with E-state index in [1.54, 1.807) is 13.0 Å². The molecule has 0 aliphatic rings. The topological polar surface area (TPSA) is 85.2 Å². The second kappa shape index (κ2) is 5.24. The number of rotatable bonds is 3. The third-order valence-corrected chi connectivity index (χ3v) is 2.95. The maximum atomic E-state index is 11.9. The number of carbonyl (C=O) groups is 1. The number of aromatic nitrogens is 2. The Labute approximate surface area is 119 Å². The van der Waals surface area contributed by atoms with E-state index in [4.69, 9.17) is 9.15 Å². The number of nitrogens with one attached hydrogen (secondary N) is 1. The smallest absolute Gasteiger partial charge is 0.345 e. The van der Waals surface area contributed by atoms with E-state index in [-0.39, 0.29) is 18.0 Å². The highest BCUT2D eigenvalue weighted by Crippen LogP contribution is 2.24. The molecule has 0 bridgehead atoms. The predicted octanol–water partition coefficient (Wildman–Crippen LogP) is 2.36.